The summed E-state index contributed by atoms with van der Waals surface area (Å²) in [5.74, 6) is -0.450. The molecule has 0 aromatic heterocycles. The van der Waals surface area contributed by atoms with E-state index in [-0.39, 0.29) is 11.8 Å². The standard InChI is InChI=1S/C18H20N4O2/c1-20-16-11-12(7-8-15(16)19)21(2)9-10-22-17(23)13-5-3-4-6-14(13)18(22)24/h3-8,11,20H,9-10,19H2,1-2H3. The second-order valence-corrected chi connectivity index (χ2v) is 5.75. The number of rotatable bonds is 5. The van der Waals surface area contributed by atoms with E-state index >= 15 is 0 Å². The topological polar surface area (TPSA) is 78.7 Å². The predicted molar refractivity (Wildman–Crippen MR) is 95.5 cm³/mol. The van der Waals surface area contributed by atoms with Crippen molar-refractivity contribution in [3.8, 4) is 0 Å². The van der Waals surface area contributed by atoms with Gasteiger partial charge in [-0.25, -0.2) is 0 Å². The van der Waals surface area contributed by atoms with Crippen molar-refractivity contribution in [3.05, 3.63) is 53.6 Å². The van der Waals surface area contributed by atoms with Gasteiger partial charge in [-0.2, -0.15) is 0 Å². The fourth-order valence-electron chi connectivity index (χ4n) is 2.82. The zero-order valence-electron chi connectivity index (χ0n) is 13.7. The molecule has 1 heterocycles. The maximum atomic E-state index is 12.4. The van der Waals surface area contributed by atoms with Crippen molar-refractivity contribution in [3.63, 3.8) is 0 Å². The predicted octanol–water partition coefficient (Wildman–Crippen LogP) is 2.04. The SMILES string of the molecule is CNc1cc(N(C)CCN2C(=O)c3ccccc3C2=O)ccc1N. The summed E-state index contributed by atoms with van der Waals surface area (Å²) in [5.41, 5.74) is 9.33. The van der Waals surface area contributed by atoms with E-state index in [4.69, 9.17) is 5.73 Å². The van der Waals surface area contributed by atoms with Gasteiger partial charge in [0.2, 0.25) is 0 Å². The third kappa shape index (κ3) is 2.67. The lowest BCUT2D eigenvalue weighted by molar-refractivity contribution is 0.0658. The van der Waals surface area contributed by atoms with Gasteiger partial charge in [0.05, 0.1) is 22.5 Å². The Morgan fingerprint density at radius 1 is 1.08 bits per heavy atom. The van der Waals surface area contributed by atoms with Gasteiger partial charge in [-0.3, -0.25) is 14.5 Å². The van der Waals surface area contributed by atoms with Crippen LogP contribution < -0.4 is 16.0 Å². The third-order valence-corrected chi connectivity index (χ3v) is 4.28. The zero-order chi connectivity index (χ0) is 17.3. The summed E-state index contributed by atoms with van der Waals surface area (Å²) in [7, 11) is 3.73. The highest BCUT2D eigenvalue weighted by Crippen LogP contribution is 2.25. The molecular weight excluding hydrogens is 304 g/mol. The molecule has 0 radical (unpaired) electrons. The van der Waals surface area contributed by atoms with Gasteiger partial charge in [-0.1, -0.05) is 12.1 Å². The van der Waals surface area contributed by atoms with Gasteiger partial charge in [-0.05, 0) is 30.3 Å². The Morgan fingerprint density at radius 2 is 1.71 bits per heavy atom. The molecule has 0 fully saturated rings. The molecule has 0 saturated carbocycles. The lowest BCUT2D eigenvalue weighted by Gasteiger charge is -2.23. The second kappa shape index (κ2) is 6.23. The number of nitrogens with one attached hydrogen (secondary N) is 1. The first kappa shape index (κ1) is 15.9. The molecule has 0 aliphatic carbocycles. The number of hydrogen-bond acceptors (Lipinski definition) is 5. The summed E-state index contributed by atoms with van der Waals surface area (Å²) in [6.07, 6.45) is 0. The average molecular weight is 324 g/mol. The number of anilines is 3. The number of carbonyl (C=O) groups excluding carboxylic acids is 2. The molecule has 2 aromatic carbocycles. The number of nitrogens with zero attached hydrogens (tertiary/aromatic N) is 2. The van der Waals surface area contributed by atoms with Crippen LogP contribution in [0.2, 0.25) is 0 Å². The summed E-state index contributed by atoms with van der Waals surface area (Å²) in [6.45, 7) is 0.876. The Labute approximate surface area is 140 Å². The van der Waals surface area contributed by atoms with E-state index in [1.807, 2.05) is 37.2 Å². The Kier molecular flexibility index (Phi) is 4.12. The summed E-state index contributed by atoms with van der Waals surface area (Å²) in [6, 6.07) is 12.6. The first-order valence-corrected chi connectivity index (χ1v) is 7.76. The molecule has 2 aromatic rings. The summed E-state index contributed by atoms with van der Waals surface area (Å²) < 4.78 is 0. The van der Waals surface area contributed by atoms with Crippen LogP contribution in [0.25, 0.3) is 0 Å². The molecule has 2 amide bonds. The molecule has 0 bridgehead atoms. The molecule has 3 rings (SSSR count). The molecule has 1 aliphatic heterocycles. The van der Waals surface area contributed by atoms with Crippen molar-refractivity contribution < 1.29 is 9.59 Å². The van der Waals surface area contributed by atoms with Crippen LogP contribution in [-0.4, -0.2) is 43.9 Å². The molecule has 0 spiro atoms. The van der Waals surface area contributed by atoms with Crippen LogP contribution >= 0.6 is 0 Å². The largest absolute Gasteiger partial charge is 0.397 e. The number of fused-ring (bicyclic) bond motifs is 1. The van der Waals surface area contributed by atoms with Gasteiger partial charge in [0, 0.05) is 32.9 Å². The highest BCUT2D eigenvalue weighted by molar-refractivity contribution is 6.21. The monoisotopic (exact) mass is 324 g/mol. The van der Waals surface area contributed by atoms with E-state index in [0.29, 0.717) is 29.9 Å². The summed E-state index contributed by atoms with van der Waals surface area (Å²) in [4.78, 5) is 28.0. The lowest BCUT2D eigenvalue weighted by Crippen LogP contribution is -2.37. The quantitative estimate of drug-likeness (QED) is 0.650. The first-order valence-electron chi connectivity index (χ1n) is 7.76. The smallest absolute Gasteiger partial charge is 0.261 e. The molecule has 6 heteroatoms. The number of amides is 2. The van der Waals surface area contributed by atoms with Crippen molar-refractivity contribution in [2.75, 3.05) is 43.1 Å². The summed E-state index contributed by atoms with van der Waals surface area (Å²) >= 11 is 0. The number of hydrogen-bond donors (Lipinski definition) is 2. The fourth-order valence-corrected chi connectivity index (χ4v) is 2.82. The van der Waals surface area contributed by atoms with Crippen LogP contribution in [0.15, 0.2) is 42.5 Å². The van der Waals surface area contributed by atoms with Crippen molar-refractivity contribution >= 4 is 28.9 Å². The Bertz CT molecular complexity index is 768. The minimum atomic E-state index is -0.225. The van der Waals surface area contributed by atoms with Crippen LogP contribution in [-0.2, 0) is 0 Å². The minimum Gasteiger partial charge on any atom is -0.397 e. The van der Waals surface area contributed by atoms with Crippen LogP contribution in [0.5, 0.6) is 0 Å². The zero-order valence-corrected chi connectivity index (χ0v) is 13.7. The van der Waals surface area contributed by atoms with Crippen LogP contribution in [0.1, 0.15) is 20.7 Å². The molecule has 24 heavy (non-hydrogen) atoms. The van der Waals surface area contributed by atoms with E-state index in [0.717, 1.165) is 11.4 Å². The van der Waals surface area contributed by atoms with Crippen LogP contribution in [0.4, 0.5) is 17.1 Å². The molecular formula is C18H20N4O2. The van der Waals surface area contributed by atoms with Crippen molar-refractivity contribution in [2.45, 2.75) is 0 Å². The Hall–Kier alpha value is -3.02. The molecule has 0 saturated heterocycles. The molecule has 0 atom stereocenters. The number of benzene rings is 2. The molecule has 3 N–H and O–H groups in total. The molecule has 0 unspecified atom stereocenters. The number of carbonyl (C=O) groups is 2. The van der Waals surface area contributed by atoms with E-state index in [1.54, 1.807) is 24.3 Å². The van der Waals surface area contributed by atoms with Gasteiger partial charge >= 0.3 is 0 Å². The van der Waals surface area contributed by atoms with E-state index in [2.05, 4.69) is 5.32 Å². The highest BCUT2D eigenvalue weighted by atomic mass is 16.2. The average Bonchev–Trinajstić information content (AvgIpc) is 2.84. The van der Waals surface area contributed by atoms with Gasteiger partial charge in [0.1, 0.15) is 0 Å². The van der Waals surface area contributed by atoms with Gasteiger partial charge in [0.25, 0.3) is 11.8 Å². The van der Waals surface area contributed by atoms with Crippen molar-refractivity contribution in [1.82, 2.24) is 4.90 Å². The molecule has 1 aliphatic rings. The minimum absolute atomic E-state index is 0.225. The highest BCUT2D eigenvalue weighted by Gasteiger charge is 2.34. The van der Waals surface area contributed by atoms with E-state index in [1.165, 1.54) is 4.90 Å². The van der Waals surface area contributed by atoms with Gasteiger partial charge in [-0.15, -0.1) is 0 Å². The van der Waals surface area contributed by atoms with Crippen LogP contribution in [0.3, 0.4) is 0 Å². The van der Waals surface area contributed by atoms with Crippen LogP contribution in [0, 0.1) is 0 Å². The first-order chi connectivity index (χ1) is 11.5. The van der Waals surface area contributed by atoms with E-state index in [9.17, 15) is 9.59 Å². The molecule has 6 nitrogen and oxygen atoms in total. The second-order valence-electron chi connectivity index (χ2n) is 5.75. The molecule has 124 valence electrons. The van der Waals surface area contributed by atoms with Gasteiger partial charge < -0.3 is 16.0 Å². The number of nitrogen functional groups attached to an aromatic ring is 1. The summed E-state index contributed by atoms with van der Waals surface area (Å²) in [5, 5.41) is 3.04. The van der Waals surface area contributed by atoms with Crippen molar-refractivity contribution in [2.24, 2.45) is 0 Å². The fraction of sp³-hybridized carbons (Fsp3) is 0.222. The number of likely N-dealkylation sites (N-methyl/N-ethyl adjacent to an activating group) is 1. The third-order valence-electron chi connectivity index (χ3n) is 4.28. The maximum Gasteiger partial charge on any atom is 0.261 e. The lowest BCUT2D eigenvalue weighted by atomic mass is 10.1. The Balaban J connectivity index is 1.70. The van der Waals surface area contributed by atoms with E-state index < -0.39 is 0 Å². The number of imide groups is 1. The Morgan fingerprint density at radius 3 is 2.29 bits per heavy atom. The van der Waals surface area contributed by atoms with Crippen molar-refractivity contribution in [1.29, 1.82) is 0 Å². The normalized spacial score (nSPS) is 13.2. The van der Waals surface area contributed by atoms with Gasteiger partial charge in [0.15, 0.2) is 0 Å². The maximum absolute atomic E-state index is 12.4. The number of nitrogens with two attached hydrogens (primary N) is 1.